The Morgan fingerprint density at radius 2 is 1.78 bits per heavy atom. The maximum absolute atomic E-state index is 12.5. The number of esters is 2. The molecule has 0 aliphatic carbocycles. The van der Waals surface area contributed by atoms with E-state index in [-0.39, 0.29) is 30.9 Å². The molecule has 5 atom stereocenters. The molecule has 1 heterocycles. The minimum Gasteiger partial charge on any atom is -0.466 e. The molecule has 0 saturated carbocycles. The van der Waals surface area contributed by atoms with Gasteiger partial charge in [-0.3, -0.25) is 4.79 Å². The third-order valence-electron chi connectivity index (χ3n) is 7.44. The number of rotatable bonds is 11. The molecule has 0 amide bonds. The highest BCUT2D eigenvalue weighted by molar-refractivity contribution is 6.74. The van der Waals surface area contributed by atoms with E-state index in [4.69, 9.17) is 23.4 Å². The molecule has 9 nitrogen and oxygen atoms in total. The van der Waals surface area contributed by atoms with Gasteiger partial charge in [-0.05, 0) is 37.0 Å². The quantitative estimate of drug-likeness (QED) is 0.233. The van der Waals surface area contributed by atoms with Crippen LogP contribution in [0, 0.1) is 5.41 Å². The molecular formula is C26H48O9Si. The Hall–Kier alpha value is -1.30. The van der Waals surface area contributed by atoms with Crippen LogP contribution < -0.4 is 0 Å². The summed E-state index contributed by atoms with van der Waals surface area (Å²) in [5.74, 6) is -2.65. The van der Waals surface area contributed by atoms with Crippen LogP contribution in [0.25, 0.3) is 0 Å². The predicted octanol–water partition coefficient (Wildman–Crippen LogP) is 3.72. The minimum atomic E-state index is -2.17. The van der Waals surface area contributed by atoms with Crippen LogP contribution in [0.1, 0.15) is 67.7 Å². The van der Waals surface area contributed by atoms with Gasteiger partial charge in [0.2, 0.25) is 5.79 Å². The van der Waals surface area contributed by atoms with Crippen LogP contribution in [0.15, 0.2) is 11.6 Å². The van der Waals surface area contributed by atoms with Crippen LogP contribution in [0.3, 0.4) is 0 Å². The number of methoxy groups -OCH3 is 2. The molecule has 0 spiro atoms. The van der Waals surface area contributed by atoms with Crippen LogP contribution in [0.4, 0.5) is 0 Å². The van der Waals surface area contributed by atoms with E-state index >= 15 is 0 Å². The molecule has 10 heteroatoms. The molecule has 210 valence electrons. The smallest absolute Gasteiger partial charge is 0.330 e. The van der Waals surface area contributed by atoms with Gasteiger partial charge in [0, 0.05) is 38.0 Å². The number of hydrogen-bond acceptors (Lipinski definition) is 9. The zero-order chi connectivity index (χ0) is 28.1. The Kier molecular flexibility index (Phi) is 11.4. The normalized spacial score (nSPS) is 26.4. The molecule has 36 heavy (non-hydrogen) atoms. The molecule has 0 radical (unpaired) electrons. The molecule has 0 unspecified atom stereocenters. The molecular weight excluding hydrogens is 484 g/mol. The van der Waals surface area contributed by atoms with Crippen molar-refractivity contribution in [2.45, 2.75) is 116 Å². The van der Waals surface area contributed by atoms with Crippen molar-refractivity contribution in [1.82, 2.24) is 0 Å². The Bertz CT molecular complexity index is 785. The number of carbonyl (C=O) groups is 2. The van der Waals surface area contributed by atoms with Gasteiger partial charge in [-0.2, -0.15) is 0 Å². The molecule has 1 fully saturated rings. The number of hydrogen-bond donors (Lipinski definition) is 2. The molecule has 0 aromatic heterocycles. The first kappa shape index (κ1) is 32.7. The summed E-state index contributed by atoms with van der Waals surface area (Å²) in [5, 5.41) is 20.3. The lowest BCUT2D eigenvalue weighted by atomic mass is 9.74. The average molecular weight is 533 g/mol. The summed E-state index contributed by atoms with van der Waals surface area (Å²) in [7, 11) is 0.555. The van der Waals surface area contributed by atoms with Gasteiger partial charge in [0.25, 0.3) is 0 Å². The number of aliphatic hydroxyl groups excluding tert-OH is 2. The lowest BCUT2D eigenvalue weighted by Crippen LogP contribution is -2.65. The third-order valence-corrected chi connectivity index (χ3v) is 11.9. The highest BCUT2D eigenvalue weighted by atomic mass is 28.4. The van der Waals surface area contributed by atoms with Crippen LogP contribution in [0.2, 0.25) is 18.1 Å². The fourth-order valence-electron chi connectivity index (χ4n) is 3.90. The van der Waals surface area contributed by atoms with Crippen molar-refractivity contribution in [2.75, 3.05) is 20.8 Å². The van der Waals surface area contributed by atoms with E-state index in [1.807, 2.05) is 13.8 Å². The maximum atomic E-state index is 12.5. The van der Waals surface area contributed by atoms with Gasteiger partial charge in [-0.1, -0.05) is 41.5 Å². The molecule has 0 bridgehead atoms. The number of ether oxygens (including phenoxy) is 4. The van der Waals surface area contributed by atoms with E-state index in [0.717, 1.165) is 0 Å². The highest BCUT2D eigenvalue weighted by Crippen LogP contribution is 2.49. The summed E-state index contributed by atoms with van der Waals surface area (Å²) in [5.41, 5.74) is -0.431. The second-order valence-corrected chi connectivity index (χ2v) is 16.6. The maximum Gasteiger partial charge on any atom is 0.330 e. The van der Waals surface area contributed by atoms with Crippen molar-refractivity contribution >= 4 is 20.3 Å². The molecule has 0 aromatic carbocycles. The SMILES string of the molecule is CCC(=O)O[C@H]1/C(=C/C(=O)OC)C[C@@H](C[C@@H](O)[C@@H](C)O)O[C@@]1(OC)C(C)(C)CO[Si](C)(C)C(C)(C)C. The van der Waals surface area contributed by atoms with Crippen LogP contribution >= 0.6 is 0 Å². The van der Waals surface area contributed by atoms with Gasteiger partial charge in [-0.25, -0.2) is 4.79 Å². The Labute approximate surface area is 217 Å². The van der Waals surface area contributed by atoms with Crippen LogP contribution in [-0.4, -0.2) is 81.5 Å². The molecule has 1 aliphatic heterocycles. The van der Waals surface area contributed by atoms with E-state index in [0.29, 0.717) is 5.57 Å². The fraction of sp³-hybridized carbons (Fsp3) is 0.846. The molecule has 1 rings (SSSR count). The molecule has 2 N–H and O–H groups in total. The summed E-state index contributed by atoms with van der Waals surface area (Å²) in [6, 6.07) is 0. The van der Waals surface area contributed by atoms with Crippen LogP contribution in [-0.2, 0) is 33.0 Å². The highest BCUT2D eigenvalue weighted by Gasteiger charge is 2.60. The van der Waals surface area contributed by atoms with Gasteiger partial charge in [0.1, 0.15) is 0 Å². The number of aliphatic hydroxyl groups is 2. The summed E-state index contributed by atoms with van der Waals surface area (Å²) < 4.78 is 29.9. The Morgan fingerprint density at radius 1 is 1.19 bits per heavy atom. The Balaban J connectivity index is 3.65. The largest absolute Gasteiger partial charge is 0.466 e. The topological polar surface area (TPSA) is 121 Å². The van der Waals surface area contributed by atoms with Crippen molar-refractivity contribution in [2.24, 2.45) is 5.41 Å². The first-order valence-electron chi connectivity index (χ1n) is 12.6. The van der Waals surface area contributed by atoms with Crippen molar-refractivity contribution in [3.8, 4) is 0 Å². The second kappa shape index (κ2) is 12.5. The van der Waals surface area contributed by atoms with Crippen molar-refractivity contribution in [3.63, 3.8) is 0 Å². The van der Waals surface area contributed by atoms with E-state index in [2.05, 4.69) is 33.9 Å². The van der Waals surface area contributed by atoms with Gasteiger partial charge in [0.15, 0.2) is 14.4 Å². The Morgan fingerprint density at radius 3 is 2.22 bits per heavy atom. The number of carbonyl (C=O) groups excluding carboxylic acids is 2. The van der Waals surface area contributed by atoms with Crippen LogP contribution in [0.5, 0.6) is 0 Å². The molecule has 0 aromatic rings. The zero-order valence-electron chi connectivity index (χ0n) is 24.0. The van der Waals surface area contributed by atoms with Gasteiger partial charge < -0.3 is 33.6 Å². The standard InChI is InChI=1S/C26H48O9Si/c1-12-21(29)34-23-18(14-22(30)31-8)13-19(15-20(28)17(2)27)35-26(23,32-9)25(6,7)16-33-36(10,11)24(3,4)5/h14,17,19-20,23,27-28H,12-13,15-16H2,1-11H3/b18-14+/t17-,19+,20-,23+,26-/m1/s1. The lowest BCUT2D eigenvalue weighted by molar-refractivity contribution is -0.350. The van der Waals surface area contributed by atoms with E-state index in [1.165, 1.54) is 27.2 Å². The first-order valence-corrected chi connectivity index (χ1v) is 15.5. The first-order chi connectivity index (χ1) is 16.4. The van der Waals surface area contributed by atoms with Gasteiger partial charge in [0.05, 0.1) is 25.4 Å². The average Bonchev–Trinajstić information content (AvgIpc) is 2.77. The fourth-order valence-corrected chi connectivity index (χ4v) is 5.05. The van der Waals surface area contributed by atoms with E-state index in [1.54, 1.807) is 6.92 Å². The zero-order valence-corrected chi connectivity index (χ0v) is 25.0. The second-order valence-electron chi connectivity index (χ2n) is 11.8. The lowest BCUT2D eigenvalue weighted by Gasteiger charge is -2.54. The van der Waals surface area contributed by atoms with E-state index in [9.17, 15) is 19.8 Å². The van der Waals surface area contributed by atoms with Gasteiger partial charge in [-0.15, -0.1) is 0 Å². The summed E-state index contributed by atoms with van der Waals surface area (Å²) in [4.78, 5) is 24.8. The summed E-state index contributed by atoms with van der Waals surface area (Å²) >= 11 is 0. The summed E-state index contributed by atoms with van der Waals surface area (Å²) in [6.07, 6.45) is -2.10. The molecule has 1 saturated heterocycles. The monoisotopic (exact) mass is 532 g/mol. The third kappa shape index (κ3) is 7.61. The predicted molar refractivity (Wildman–Crippen MR) is 139 cm³/mol. The summed E-state index contributed by atoms with van der Waals surface area (Å²) in [6.45, 7) is 17.9. The van der Waals surface area contributed by atoms with E-state index < -0.39 is 55.9 Å². The minimum absolute atomic E-state index is 0.0370. The van der Waals surface area contributed by atoms with Crippen molar-refractivity contribution < 1.29 is 43.2 Å². The molecule has 1 aliphatic rings. The van der Waals surface area contributed by atoms with Crippen molar-refractivity contribution in [3.05, 3.63) is 11.6 Å². The van der Waals surface area contributed by atoms with Crippen molar-refractivity contribution in [1.29, 1.82) is 0 Å². The van der Waals surface area contributed by atoms with Gasteiger partial charge >= 0.3 is 11.9 Å².